The van der Waals surface area contributed by atoms with Gasteiger partial charge in [0.05, 0.1) is 17.6 Å². The van der Waals surface area contributed by atoms with Crippen molar-refractivity contribution in [3.63, 3.8) is 0 Å². The van der Waals surface area contributed by atoms with Crippen LogP contribution in [0.4, 0.5) is 16.2 Å². The van der Waals surface area contributed by atoms with Crippen LogP contribution in [0.2, 0.25) is 0 Å². The summed E-state index contributed by atoms with van der Waals surface area (Å²) in [6, 6.07) is 14.8. The molecule has 1 aliphatic heterocycles. The van der Waals surface area contributed by atoms with Crippen molar-refractivity contribution in [1.82, 2.24) is 15.1 Å². The Labute approximate surface area is 193 Å². The number of aromatic nitrogens is 2. The molecule has 1 atom stereocenters. The second-order valence-electron chi connectivity index (χ2n) is 8.49. The van der Waals surface area contributed by atoms with Crippen LogP contribution in [-0.2, 0) is 0 Å². The number of aromatic amines is 1. The van der Waals surface area contributed by atoms with Gasteiger partial charge in [0.1, 0.15) is 0 Å². The molecule has 33 heavy (non-hydrogen) atoms. The molecule has 1 unspecified atom stereocenters. The molecule has 4 N–H and O–H groups in total. The van der Waals surface area contributed by atoms with E-state index in [1.165, 1.54) is 11.1 Å². The van der Waals surface area contributed by atoms with E-state index in [1.54, 1.807) is 24.3 Å². The van der Waals surface area contributed by atoms with Gasteiger partial charge in [-0.25, -0.2) is 4.79 Å². The lowest BCUT2D eigenvalue weighted by Gasteiger charge is -2.36. The Hall–Kier alpha value is -3.65. The number of piperidine rings is 1. The number of anilines is 2. The molecule has 0 spiro atoms. The Morgan fingerprint density at radius 2 is 1.70 bits per heavy atom. The number of nitrogens with zero attached hydrogens (tertiary/aromatic N) is 2. The molecule has 8 heteroatoms. The van der Waals surface area contributed by atoms with Crippen LogP contribution in [0, 0.1) is 6.92 Å². The molecule has 0 saturated carbocycles. The minimum atomic E-state index is -1.18. The van der Waals surface area contributed by atoms with Crippen LogP contribution in [0.3, 0.4) is 0 Å². The van der Waals surface area contributed by atoms with E-state index in [4.69, 9.17) is 5.11 Å². The number of aryl methyl sites for hydroxylation is 1. The van der Waals surface area contributed by atoms with Gasteiger partial charge in [-0.2, -0.15) is 5.10 Å². The summed E-state index contributed by atoms with van der Waals surface area (Å²) in [5.41, 5.74) is 4.91. The Morgan fingerprint density at radius 1 is 1.06 bits per heavy atom. The number of benzene rings is 2. The van der Waals surface area contributed by atoms with Crippen LogP contribution in [-0.4, -0.2) is 45.3 Å². The minimum Gasteiger partial charge on any atom is -0.465 e. The van der Waals surface area contributed by atoms with Gasteiger partial charge < -0.3 is 10.4 Å². The molecule has 2 amide bonds. The van der Waals surface area contributed by atoms with Gasteiger partial charge in [-0.3, -0.25) is 20.1 Å². The molecule has 1 fully saturated rings. The first-order chi connectivity index (χ1) is 15.9. The van der Waals surface area contributed by atoms with Crippen LogP contribution in [0.5, 0.6) is 0 Å². The molecule has 8 nitrogen and oxygen atoms in total. The topological polar surface area (TPSA) is 110 Å². The quantitative estimate of drug-likeness (QED) is 0.425. The highest BCUT2D eigenvalue weighted by Crippen LogP contribution is 2.33. The molecule has 2 aromatic carbocycles. The Kier molecular flexibility index (Phi) is 6.74. The number of nitrogens with one attached hydrogen (secondary N) is 3. The maximum absolute atomic E-state index is 12.7. The lowest BCUT2D eigenvalue weighted by molar-refractivity contribution is 0.102. The van der Waals surface area contributed by atoms with E-state index in [0.29, 0.717) is 28.9 Å². The van der Waals surface area contributed by atoms with Gasteiger partial charge in [0.15, 0.2) is 0 Å². The standard InChI is InChI=1S/C25H29N5O3/c1-16-21(15-26-29-16)17(2)30-13-11-19(12-14-30)18-7-9-20(10-8-18)24(31)27-22-5-3-4-6-23(22)28-25(32)33/h3-10,15,17,19,28H,11-14H2,1-2H3,(H,26,29)(H,27,31)(H,32,33). The molecule has 0 radical (unpaired) electrons. The molecular weight excluding hydrogens is 418 g/mol. The largest absolute Gasteiger partial charge is 0.465 e. The van der Waals surface area contributed by atoms with Crippen molar-refractivity contribution in [3.05, 3.63) is 77.1 Å². The van der Waals surface area contributed by atoms with E-state index in [1.807, 2.05) is 30.5 Å². The van der Waals surface area contributed by atoms with Gasteiger partial charge in [0, 0.05) is 22.9 Å². The molecule has 1 aromatic heterocycles. The van der Waals surface area contributed by atoms with Crippen LogP contribution in [0.1, 0.15) is 58.9 Å². The van der Waals surface area contributed by atoms with Crippen LogP contribution < -0.4 is 10.6 Å². The van der Waals surface area contributed by atoms with Crippen molar-refractivity contribution in [2.45, 2.75) is 38.6 Å². The van der Waals surface area contributed by atoms with E-state index in [2.05, 4.69) is 39.6 Å². The van der Waals surface area contributed by atoms with Crippen molar-refractivity contribution in [2.24, 2.45) is 0 Å². The van der Waals surface area contributed by atoms with Gasteiger partial charge in [-0.15, -0.1) is 0 Å². The number of para-hydroxylation sites is 2. The summed E-state index contributed by atoms with van der Waals surface area (Å²) in [6.07, 6.45) is 2.88. The molecule has 0 bridgehead atoms. The number of carbonyl (C=O) groups is 2. The van der Waals surface area contributed by atoms with Crippen molar-refractivity contribution in [1.29, 1.82) is 0 Å². The predicted octanol–water partition coefficient (Wildman–Crippen LogP) is 5.00. The molecule has 4 rings (SSSR count). The molecule has 0 aliphatic carbocycles. The van der Waals surface area contributed by atoms with Crippen molar-refractivity contribution >= 4 is 23.4 Å². The third-order valence-electron chi connectivity index (χ3n) is 6.46. The molecule has 1 aliphatic rings. The van der Waals surface area contributed by atoms with Crippen LogP contribution in [0.25, 0.3) is 0 Å². The number of hydrogen-bond donors (Lipinski definition) is 4. The lowest BCUT2D eigenvalue weighted by atomic mass is 9.88. The summed E-state index contributed by atoms with van der Waals surface area (Å²) in [7, 11) is 0. The summed E-state index contributed by atoms with van der Waals surface area (Å²) < 4.78 is 0. The molecule has 172 valence electrons. The first-order valence-electron chi connectivity index (χ1n) is 11.2. The second kappa shape index (κ2) is 9.87. The smallest absolute Gasteiger partial charge is 0.409 e. The summed E-state index contributed by atoms with van der Waals surface area (Å²) in [4.78, 5) is 26.2. The average Bonchev–Trinajstić information content (AvgIpc) is 3.25. The van der Waals surface area contributed by atoms with Gasteiger partial charge in [-0.05, 0) is 75.5 Å². The third kappa shape index (κ3) is 5.23. The number of H-pyrrole nitrogens is 1. The summed E-state index contributed by atoms with van der Waals surface area (Å²) in [5, 5.41) is 21.2. The second-order valence-corrected chi connectivity index (χ2v) is 8.49. The number of likely N-dealkylation sites (tertiary alicyclic amines) is 1. The minimum absolute atomic E-state index is 0.277. The third-order valence-corrected chi connectivity index (χ3v) is 6.46. The van der Waals surface area contributed by atoms with Gasteiger partial charge in [-0.1, -0.05) is 24.3 Å². The predicted molar refractivity (Wildman–Crippen MR) is 128 cm³/mol. The lowest BCUT2D eigenvalue weighted by Crippen LogP contribution is -2.35. The fourth-order valence-corrected chi connectivity index (χ4v) is 4.52. The SMILES string of the molecule is Cc1[nH]ncc1C(C)N1CCC(c2ccc(C(=O)Nc3ccccc3NC(=O)O)cc2)CC1. The highest BCUT2D eigenvalue weighted by atomic mass is 16.4. The Morgan fingerprint density at radius 3 is 2.27 bits per heavy atom. The van der Waals surface area contributed by atoms with Crippen molar-refractivity contribution in [2.75, 3.05) is 23.7 Å². The van der Waals surface area contributed by atoms with E-state index < -0.39 is 6.09 Å². The van der Waals surface area contributed by atoms with E-state index in [9.17, 15) is 9.59 Å². The summed E-state index contributed by atoms with van der Waals surface area (Å²) >= 11 is 0. The van der Waals surface area contributed by atoms with E-state index >= 15 is 0 Å². The average molecular weight is 448 g/mol. The Bertz CT molecular complexity index is 1120. The van der Waals surface area contributed by atoms with Crippen molar-refractivity contribution < 1.29 is 14.7 Å². The maximum atomic E-state index is 12.7. The zero-order valence-electron chi connectivity index (χ0n) is 18.8. The summed E-state index contributed by atoms with van der Waals surface area (Å²) in [5.74, 6) is 0.191. The highest BCUT2D eigenvalue weighted by Gasteiger charge is 2.26. The number of carbonyl (C=O) groups excluding carboxylic acids is 1. The van der Waals surface area contributed by atoms with Crippen LogP contribution in [0.15, 0.2) is 54.7 Å². The number of rotatable bonds is 6. The fraction of sp³-hybridized carbons (Fsp3) is 0.320. The zero-order chi connectivity index (χ0) is 23.4. The normalized spacial score (nSPS) is 15.7. The van der Waals surface area contributed by atoms with E-state index in [-0.39, 0.29) is 5.91 Å². The Balaban J connectivity index is 1.36. The first kappa shape index (κ1) is 22.5. The van der Waals surface area contributed by atoms with Gasteiger partial charge in [0.25, 0.3) is 5.91 Å². The molecular formula is C25H29N5O3. The first-order valence-corrected chi connectivity index (χ1v) is 11.2. The molecule has 2 heterocycles. The monoisotopic (exact) mass is 447 g/mol. The highest BCUT2D eigenvalue weighted by molar-refractivity contribution is 6.06. The van der Waals surface area contributed by atoms with Gasteiger partial charge in [0.2, 0.25) is 0 Å². The number of carboxylic acid groups (broad SMARTS) is 1. The fourth-order valence-electron chi connectivity index (χ4n) is 4.52. The molecule has 1 saturated heterocycles. The molecule has 3 aromatic rings. The number of amides is 2. The van der Waals surface area contributed by atoms with Crippen molar-refractivity contribution in [3.8, 4) is 0 Å². The zero-order valence-corrected chi connectivity index (χ0v) is 18.8. The van der Waals surface area contributed by atoms with E-state index in [0.717, 1.165) is 31.6 Å². The summed E-state index contributed by atoms with van der Waals surface area (Å²) in [6.45, 7) is 6.33. The number of hydrogen-bond acceptors (Lipinski definition) is 4. The van der Waals surface area contributed by atoms with Crippen LogP contribution >= 0.6 is 0 Å². The van der Waals surface area contributed by atoms with Gasteiger partial charge >= 0.3 is 6.09 Å². The maximum Gasteiger partial charge on any atom is 0.409 e.